The summed E-state index contributed by atoms with van der Waals surface area (Å²) in [5.74, 6) is 1.61. The van der Waals surface area contributed by atoms with Crippen LogP contribution in [0.5, 0.6) is 0 Å². The van der Waals surface area contributed by atoms with E-state index in [1.165, 1.54) is 29.3 Å². The van der Waals surface area contributed by atoms with Crippen molar-refractivity contribution in [3.63, 3.8) is 0 Å². The minimum Gasteiger partial charge on any atom is -0.361 e. The summed E-state index contributed by atoms with van der Waals surface area (Å²) in [4.78, 5) is 5.83. The van der Waals surface area contributed by atoms with Gasteiger partial charge in [-0.05, 0) is 42.5 Å². The monoisotopic (exact) mass is 295 g/mol. The Morgan fingerprint density at radius 1 is 1.32 bits per heavy atom. The van der Waals surface area contributed by atoms with Gasteiger partial charge in [0.05, 0.1) is 0 Å². The van der Waals surface area contributed by atoms with E-state index in [1.807, 2.05) is 13.2 Å². The van der Waals surface area contributed by atoms with Gasteiger partial charge in [-0.1, -0.05) is 12.1 Å². The largest absolute Gasteiger partial charge is 0.361 e. The summed E-state index contributed by atoms with van der Waals surface area (Å²) in [6.45, 7) is 3.23. The van der Waals surface area contributed by atoms with E-state index in [0.717, 1.165) is 25.5 Å². The van der Waals surface area contributed by atoms with Crippen molar-refractivity contribution in [2.75, 3.05) is 13.1 Å². The molecule has 1 aromatic carbocycles. The molecule has 1 atom stereocenters. The number of piperidine rings is 1. The summed E-state index contributed by atoms with van der Waals surface area (Å²) >= 11 is 0. The molecule has 1 aliphatic heterocycles. The second kappa shape index (κ2) is 5.57. The number of hydrogen-bond acceptors (Lipinski definition) is 3. The van der Waals surface area contributed by atoms with E-state index in [2.05, 4.69) is 48.9 Å². The molecule has 0 bridgehead atoms. The van der Waals surface area contributed by atoms with Gasteiger partial charge in [-0.15, -0.1) is 10.2 Å². The first-order valence-corrected chi connectivity index (χ1v) is 7.92. The molecule has 5 heteroatoms. The third-order valence-electron chi connectivity index (χ3n) is 4.64. The Balaban J connectivity index is 1.49. The zero-order chi connectivity index (χ0) is 14.9. The van der Waals surface area contributed by atoms with E-state index in [9.17, 15) is 0 Å². The number of nitrogens with zero attached hydrogens (tertiary/aromatic N) is 4. The minimum atomic E-state index is 0.496. The van der Waals surface area contributed by atoms with E-state index < -0.39 is 0 Å². The minimum absolute atomic E-state index is 0.496. The Bertz CT molecular complexity index is 772. The molecule has 1 unspecified atom stereocenters. The van der Waals surface area contributed by atoms with Crippen LogP contribution in [-0.4, -0.2) is 37.7 Å². The van der Waals surface area contributed by atoms with Gasteiger partial charge in [0.1, 0.15) is 12.2 Å². The second-order valence-electron chi connectivity index (χ2n) is 6.27. The third-order valence-corrected chi connectivity index (χ3v) is 4.64. The number of H-pyrrole nitrogens is 1. The third kappa shape index (κ3) is 2.52. The molecule has 1 fully saturated rings. The van der Waals surface area contributed by atoms with Gasteiger partial charge in [0, 0.05) is 37.8 Å². The van der Waals surface area contributed by atoms with Crippen LogP contribution in [0.3, 0.4) is 0 Å². The van der Waals surface area contributed by atoms with Gasteiger partial charge in [-0.2, -0.15) is 0 Å². The quantitative estimate of drug-likeness (QED) is 0.808. The summed E-state index contributed by atoms with van der Waals surface area (Å²) in [6, 6.07) is 8.82. The summed E-state index contributed by atoms with van der Waals surface area (Å²) in [7, 11) is 2.04. The number of aromatic amines is 1. The van der Waals surface area contributed by atoms with Crippen LogP contribution in [0.15, 0.2) is 36.8 Å². The van der Waals surface area contributed by atoms with Gasteiger partial charge in [-0.3, -0.25) is 4.90 Å². The van der Waals surface area contributed by atoms with Crippen molar-refractivity contribution in [3.8, 4) is 0 Å². The van der Waals surface area contributed by atoms with Crippen LogP contribution in [-0.2, 0) is 13.6 Å². The average Bonchev–Trinajstić information content (AvgIpc) is 3.15. The highest BCUT2D eigenvalue weighted by molar-refractivity contribution is 5.79. The lowest BCUT2D eigenvalue weighted by atomic mass is 9.96. The molecule has 22 heavy (non-hydrogen) atoms. The molecule has 1 saturated heterocycles. The zero-order valence-electron chi connectivity index (χ0n) is 12.9. The SMILES string of the molecule is Cn1cnnc1C1CCCN(Cc2ccc3cc[nH]c3c2)C1. The van der Waals surface area contributed by atoms with E-state index >= 15 is 0 Å². The predicted octanol–water partition coefficient (Wildman–Crippen LogP) is 2.68. The number of hydrogen-bond donors (Lipinski definition) is 1. The first kappa shape index (κ1) is 13.5. The van der Waals surface area contributed by atoms with E-state index in [-0.39, 0.29) is 0 Å². The topological polar surface area (TPSA) is 49.7 Å². The molecule has 0 radical (unpaired) electrons. The van der Waals surface area contributed by atoms with Crippen molar-refractivity contribution < 1.29 is 0 Å². The molecule has 4 rings (SSSR count). The molecular formula is C17H21N5. The van der Waals surface area contributed by atoms with Crippen LogP contribution in [0.2, 0.25) is 0 Å². The summed E-state index contributed by atoms with van der Waals surface area (Å²) < 4.78 is 2.05. The highest BCUT2D eigenvalue weighted by Gasteiger charge is 2.24. The summed E-state index contributed by atoms with van der Waals surface area (Å²) in [5, 5.41) is 9.60. The zero-order valence-corrected chi connectivity index (χ0v) is 12.9. The molecule has 0 aliphatic carbocycles. The molecule has 0 amide bonds. The Labute approximate surface area is 130 Å². The number of nitrogens with one attached hydrogen (secondary N) is 1. The fourth-order valence-electron chi connectivity index (χ4n) is 3.52. The van der Waals surface area contributed by atoms with Crippen LogP contribution >= 0.6 is 0 Å². The average molecular weight is 295 g/mol. The van der Waals surface area contributed by atoms with Crippen molar-refractivity contribution in [2.45, 2.75) is 25.3 Å². The lowest BCUT2D eigenvalue weighted by Gasteiger charge is -2.32. The molecule has 5 nitrogen and oxygen atoms in total. The van der Waals surface area contributed by atoms with E-state index in [1.54, 1.807) is 6.33 Å². The van der Waals surface area contributed by atoms with Gasteiger partial charge < -0.3 is 9.55 Å². The Hall–Kier alpha value is -2.14. The molecule has 2 aromatic heterocycles. The fraction of sp³-hybridized carbons (Fsp3) is 0.412. The first-order chi connectivity index (χ1) is 10.8. The number of benzene rings is 1. The number of rotatable bonds is 3. The summed E-state index contributed by atoms with van der Waals surface area (Å²) in [6.07, 6.45) is 6.23. The molecule has 1 aliphatic rings. The lowest BCUT2D eigenvalue weighted by Crippen LogP contribution is -2.34. The Morgan fingerprint density at radius 3 is 3.14 bits per heavy atom. The maximum absolute atomic E-state index is 4.30. The Kier molecular flexibility index (Phi) is 3.42. The molecular weight excluding hydrogens is 274 g/mol. The second-order valence-corrected chi connectivity index (χ2v) is 6.27. The number of aryl methyl sites for hydroxylation is 1. The molecule has 1 N–H and O–H groups in total. The van der Waals surface area contributed by atoms with Crippen molar-refractivity contribution in [2.24, 2.45) is 7.05 Å². The van der Waals surface area contributed by atoms with Gasteiger partial charge in [0.15, 0.2) is 0 Å². The van der Waals surface area contributed by atoms with Crippen LogP contribution in [0, 0.1) is 0 Å². The van der Waals surface area contributed by atoms with Gasteiger partial charge in [0.2, 0.25) is 0 Å². The van der Waals surface area contributed by atoms with Crippen molar-refractivity contribution >= 4 is 10.9 Å². The number of aromatic nitrogens is 4. The number of fused-ring (bicyclic) bond motifs is 1. The van der Waals surface area contributed by atoms with E-state index in [0.29, 0.717) is 5.92 Å². The van der Waals surface area contributed by atoms with Crippen LogP contribution in [0.1, 0.15) is 30.1 Å². The van der Waals surface area contributed by atoms with Crippen molar-refractivity contribution in [1.29, 1.82) is 0 Å². The van der Waals surface area contributed by atoms with Crippen molar-refractivity contribution in [3.05, 3.63) is 48.2 Å². The first-order valence-electron chi connectivity index (χ1n) is 7.92. The predicted molar refractivity (Wildman–Crippen MR) is 86.6 cm³/mol. The van der Waals surface area contributed by atoms with Crippen LogP contribution in [0.25, 0.3) is 10.9 Å². The van der Waals surface area contributed by atoms with Gasteiger partial charge in [0.25, 0.3) is 0 Å². The molecule has 114 valence electrons. The summed E-state index contributed by atoms with van der Waals surface area (Å²) in [5.41, 5.74) is 2.59. The van der Waals surface area contributed by atoms with Crippen LogP contribution in [0.4, 0.5) is 0 Å². The maximum Gasteiger partial charge on any atom is 0.136 e. The number of likely N-dealkylation sites (tertiary alicyclic amines) is 1. The maximum atomic E-state index is 4.30. The molecule has 0 saturated carbocycles. The van der Waals surface area contributed by atoms with E-state index in [4.69, 9.17) is 0 Å². The molecule has 3 aromatic rings. The lowest BCUT2D eigenvalue weighted by molar-refractivity contribution is 0.195. The Morgan fingerprint density at radius 2 is 2.27 bits per heavy atom. The smallest absolute Gasteiger partial charge is 0.136 e. The highest BCUT2D eigenvalue weighted by atomic mass is 15.3. The highest BCUT2D eigenvalue weighted by Crippen LogP contribution is 2.26. The van der Waals surface area contributed by atoms with Crippen molar-refractivity contribution in [1.82, 2.24) is 24.6 Å². The van der Waals surface area contributed by atoms with Crippen LogP contribution < -0.4 is 0 Å². The fourth-order valence-corrected chi connectivity index (χ4v) is 3.52. The van der Waals surface area contributed by atoms with Gasteiger partial charge in [-0.25, -0.2) is 0 Å². The molecule has 3 heterocycles. The molecule has 0 spiro atoms. The van der Waals surface area contributed by atoms with Gasteiger partial charge >= 0.3 is 0 Å². The normalized spacial score (nSPS) is 19.8. The standard InChI is InChI=1S/C17H21N5/c1-21-12-19-20-17(21)15-3-2-8-22(11-15)10-13-4-5-14-6-7-18-16(14)9-13/h4-7,9,12,15,18H,2-3,8,10-11H2,1H3.